The molecule has 0 unspecified atom stereocenters. The maximum Gasteiger partial charge on any atom is 0.164 e. The van der Waals surface area contributed by atoms with E-state index in [0.717, 1.165) is 44.8 Å². The van der Waals surface area contributed by atoms with Crippen LogP contribution in [0.4, 0.5) is 0 Å². The van der Waals surface area contributed by atoms with Crippen molar-refractivity contribution in [2.24, 2.45) is 0 Å². The van der Waals surface area contributed by atoms with Crippen LogP contribution in [-0.2, 0) is 0 Å². The van der Waals surface area contributed by atoms with Gasteiger partial charge < -0.3 is 13.7 Å². The molecule has 0 amide bonds. The molecular formula is C75H42N6S3. The summed E-state index contributed by atoms with van der Waals surface area (Å²) in [5.41, 5.74) is 12.9. The molecule has 0 aliphatic carbocycles. The molecule has 0 bridgehead atoms. The fourth-order valence-electron chi connectivity index (χ4n) is 13.7. The molecule has 0 N–H and O–H groups in total. The van der Waals surface area contributed by atoms with Crippen molar-refractivity contribution in [1.82, 2.24) is 28.7 Å². The van der Waals surface area contributed by atoms with Gasteiger partial charge >= 0.3 is 0 Å². The summed E-state index contributed by atoms with van der Waals surface area (Å²) in [4.78, 5) is 16.4. The smallest absolute Gasteiger partial charge is 0.164 e. The predicted octanol–water partition coefficient (Wildman–Crippen LogP) is 21.3. The molecule has 0 saturated heterocycles. The highest BCUT2D eigenvalue weighted by molar-refractivity contribution is 7.26. The highest BCUT2D eigenvalue weighted by atomic mass is 32.1. The van der Waals surface area contributed by atoms with Crippen molar-refractivity contribution in [2.75, 3.05) is 0 Å². The van der Waals surface area contributed by atoms with Crippen LogP contribution in [-0.4, -0.2) is 28.7 Å². The minimum absolute atomic E-state index is 0.593. The number of hydrogen-bond donors (Lipinski definition) is 0. The average Bonchev–Trinajstić information content (AvgIpc) is 3.59. The number of aromatic nitrogens is 6. The van der Waals surface area contributed by atoms with Gasteiger partial charge in [0.2, 0.25) is 0 Å². The van der Waals surface area contributed by atoms with Crippen molar-refractivity contribution in [3.05, 3.63) is 255 Å². The largest absolute Gasteiger partial charge is 0.309 e. The summed E-state index contributed by atoms with van der Waals surface area (Å²) in [5, 5.41) is 15.0. The van der Waals surface area contributed by atoms with Gasteiger partial charge in [0.15, 0.2) is 17.5 Å². The fraction of sp³-hybridized carbons (Fsp3) is 0. The van der Waals surface area contributed by atoms with Crippen molar-refractivity contribution >= 4 is 160 Å². The van der Waals surface area contributed by atoms with Crippen LogP contribution in [0.2, 0.25) is 0 Å². The summed E-state index contributed by atoms with van der Waals surface area (Å²) in [6.07, 6.45) is 0. The third-order valence-corrected chi connectivity index (χ3v) is 20.7. The summed E-state index contributed by atoms with van der Waals surface area (Å²) in [6.45, 7) is 0. The highest BCUT2D eigenvalue weighted by Crippen LogP contribution is 2.47. The number of thiophene rings is 3. The van der Waals surface area contributed by atoms with Gasteiger partial charge in [0.25, 0.3) is 0 Å². The lowest BCUT2D eigenvalue weighted by molar-refractivity contribution is 1.07. The summed E-state index contributed by atoms with van der Waals surface area (Å²) in [7, 11) is 0. The molecular weight excluding hydrogens is 1080 g/mol. The molecule has 9 heteroatoms. The molecule has 0 saturated carbocycles. The van der Waals surface area contributed by atoms with E-state index in [4.69, 9.17) is 15.0 Å². The molecule has 7 aromatic heterocycles. The van der Waals surface area contributed by atoms with Gasteiger partial charge in [-0.1, -0.05) is 152 Å². The van der Waals surface area contributed by atoms with E-state index in [1.54, 1.807) is 0 Å². The Balaban J connectivity index is 0.823. The van der Waals surface area contributed by atoms with E-state index in [1.807, 2.05) is 34.0 Å². The van der Waals surface area contributed by atoms with Crippen LogP contribution in [0, 0.1) is 0 Å². The van der Waals surface area contributed by atoms with E-state index >= 15 is 0 Å². The lowest BCUT2D eigenvalue weighted by Gasteiger charge is -2.14. The van der Waals surface area contributed by atoms with E-state index < -0.39 is 0 Å². The zero-order valence-corrected chi connectivity index (χ0v) is 47.1. The number of nitrogens with zero attached hydrogens (tertiary/aromatic N) is 6. The van der Waals surface area contributed by atoms with Crippen LogP contribution < -0.4 is 0 Å². The Hall–Kier alpha value is -10.3. The topological polar surface area (TPSA) is 53.5 Å². The van der Waals surface area contributed by atoms with Crippen molar-refractivity contribution in [2.45, 2.75) is 0 Å². The molecule has 7 heterocycles. The number of para-hydroxylation sites is 3. The molecule has 0 radical (unpaired) electrons. The van der Waals surface area contributed by atoms with Gasteiger partial charge in [-0.15, -0.1) is 34.0 Å². The number of rotatable bonds is 6. The first-order valence-electron chi connectivity index (χ1n) is 28.2. The van der Waals surface area contributed by atoms with Crippen molar-refractivity contribution in [3.8, 4) is 51.2 Å². The number of hydrogen-bond acceptors (Lipinski definition) is 6. The third-order valence-electron chi connectivity index (χ3n) is 17.3. The van der Waals surface area contributed by atoms with Crippen molar-refractivity contribution in [1.29, 1.82) is 0 Å². The Kier molecular flexibility index (Phi) is 9.71. The Labute approximate surface area is 491 Å². The summed E-state index contributed by atoms with van der Waals surface area (Å²) >= 11 is 5.56. The summed E-state index contributed by atoms with van der Waals surface area (Å²) in [6, 6.07) is 92.8. The van der Waals surface area contributed by atoms with Gasteiger partial charge in [-0.05, 0) is 103 Å². The minimum atomic E-state index is 0.593. The van der Waals surface area contributed by atoms with Crippen LogP contribution in [0.3, 0.4) is 0 Å². The van der Waals surface area contributed by atoms with Gasteiger partial charge in [-0.3, -0.25) is 0 Å². The van der Waals surface area contributed by atoms with Crippen LogP contribution in [0.15, 0.2) is 255 Å². The number of benzene rings is 12. The quantitative estimate of drug-likeness (QED) is 0.167. The Morgan fingerprint density at radius 1 is 0.226 bits per heavy atom. The monoisotopic (exact) mass is 1120 g/mol. The average molecular weight is 1120 g/mol. The molecule has 0 aliphatic heterocycles. The molecule has 12 aromatic carbocycles. The van der Waals surface area contributed by atoms with Crippen LogP contribution in [0.25, 0.3) is 177 Å². The summed E-state index contributed by atoms with van der Waals surface area (Å²) < 4.78 is 15.0. The van der Waals surface area contributed by atoms with Crippen molar-refractivity contribution < 1.29 is 0 Å². The van der Waals surface area contributed by atoms with Crippen LogP contribution in [0.5, 0.6) is 0 Å². The maximum absolute atomic E-state index is 5.49. The molecule has 0 aliphatic rings. The third kappa shape index (κ3) is 6.62. The van der Waals surface area contributed by atoms with E-state index in [1.165, 1.54) is 115 Å². The highest BCUT2D eigenvalue weighted by Gasteiger charge is 2.23. The second-order valence-electron chi connectivity index (χ2n) is 21.8. The number of fused-ring (bicyclic) bond motifs is 21. The second-order valence-corrected chi connectivity index (χ2v) is 25.1. The first-order chi connectivity index (χ1) is 41.6. The molecule has 19 aromatic rings. The van der Waals surface area contributed by atoms with Gasteiger partial charge in [0, 0.05) is 127 Å². The Bertz CT molecular complexity index is 5760. The summed E-state index contributed by atoms with van der Waals surface area (Å²) in [5.74, 6) is 1.78. The Morgan fingerprint density at radius 2 is 0.560 bits per heavy atom. The van der Waals surface area contributed by atoms with Gasteiger partial charge in [0.05, 0.1) is 33.1 Å². The molecule has 6 nitrogen and oxygen atoms in total. The second kappa shape index (κ2) is 17.6. The normalized spacial score (nSPS) is 12.3. The van der Waals surface area contributed by atoms with Crippen molar-refractivity contribution in [3.63, 3.8) is 0 Å². The van der Waals surface area contributed by atoms with Crippen LogP contribution >= 0.6 is 34.0 Å². The Morgan fingerprint density at radius 3 is 0.952 bits per heavy atom. The zero-order chi connectivity index (χ0) is 54.7. The molecule has 390 valence electrons. The van der Waals surface area contributed by atoms with E-state index in [2.05, 4.69) is 268 Å². The first-order valence-corrected chi connectivity index (χ1v) is 30.7. The lowest BCUT2D eigenvalue weighted by Crippen LogP contribution is -2.02. The van der Waals surface area contributed by atoms with Gasteiger partial charge in [-0.25, -0.2) is 15.0 Å². The van der Waals surface area contributed by atoms with E-state index in [0.29, 0.717) is 17.5 Å². The standard InChI is InChI=1S/C75H42N6S3/c1-7-25-58-49(19-1)52-35-38-64-67(55-22-4-10-28-61(55)82-64)70(52)79(58)46-33-31-43(32-34-46)73-76-74(44-15-13-17-47(41-44)80-59-26-8-2-20-50(59)53-36-39-65-68(71(53)80)56-23-5-11-29-62(56)83-65)78-75(77-73)45-16-14-18-48(42-45)81-60-27-9-3-21-51(60)54-37-40-66-69(72(54)81)57-24-6-12-30-63(57)84-66/h1-42H. The van der Waals surface area contributed by atoms with E-state index in [-0.39, 0.29) is 0 Å². The first kappa shape index (κ1) is 46.3. The van der Waals surface area contributed by atoms with Gasteiger partial charge in [0.1, 0.15) is 0 Å². The molecule has 0 spiro atoms. The molecule has 0 fully saturated rings. The molecule has 0 atom stereocenters. The van der Waals surface area contributed by atoms with E-state index in [9.17, 15) is 0 Å². The molecule has 19 rings (SSSR count). The predicted molar refractivity (Wildman–Crippen MR) is 358 cm³/mol. The lowest BCUT2D eigenvalue weighted by atomic mass is 10.1. The molecule has 84 heavy (non-hydrogen) atoms. The fourth-order valence-corrected chi connectivity index (χ4v) is 17.0. The van der Waals surface area contributed by atoms with Crippen LogP contribution in [0.1, 0.15) is 0 Å². The SMILES string of the molecule is c1cc(-c2nc(-c3ccc(-n4c5ccccc5c5ccc6sc7ccccc7c6c54)cc3)nc(-c3cccc(-n4c5ccccc5c5ccc6sc7ccccc7c6c54)c3)n2)cc(-n2c3ccccc3c3ccc4sc5ccccc5c4c32)c1. The maximum atomic E-state index is 5.49. The van der Waals surface area contributed by atoms with Gasteiger partial charge in [-0.2, -0.15) is 0 Å². The zero-order valence-electron chi connectivity index (χ0n) is 44.7. The minimum Gasteiger partial charge on any atom is -0.309 e.